The molecule has 6 heteroatoms. The van der Waals surface area contributed by atoms with E-state index in [0.29, 0.717) is 18.2 Å². The molecule has 0 amide bonds. The molecule has 0 saturated carbocycles. The Morgan fingerprint density at radius 3 is 3.00 bits per heavy atom. The topological polar surface area (TPSA) is 75.7 Å². The summed E-state index contributed by atoms with van der Waals surface area (Å²) < 4.78 is 5.06. The Morgan fingerprint density at radius 1 is 1.44 bits per heavy atom. The monoisotopic (exact) mass is 219 g/mol. The van der Waals surface area contributed by atoms with E-state index in [1.165, 1.54) is 0 Å². The minimum absolute atomic E-state index is 0.550. The van der Waals surface area contributed by atoms with E-state index in [-0.39, 0.29) is 0 Å². The second-order valence-electron chi connectivity index (χ2n) is 3.23. The minimum atomic E-state index is 0.550. The molecule has 2 N–H and O–H groups in total. The zero-order chi connectivity index (χ0) is 11.4. The third kappa shape index (κ3) is 2.47. The quantitative estimate of drug-likeness (QED) is 0.806. The van der Waals surface area contributed by atoms with Crippen LogP contribution in [0.25, 0.3) is 0 Å². The fourth-order valence-corrected chi connectivity index (χ4v) is 1.30. The summed E-state index contributed by atoms with van der Waals surface area (Å²) in [6, 6.07) is 1.75. The molecule has 2 rings (SSSR count). The summed E-state index contributed by atoms with van der Waals surface area (Å²) in [4.78, 5) is 15.4. The van der Waals surface area contributed by atoms with Crippen molar-refractivity contribution in [2.45, 2.75) is 13.5 Å². The predicted molar refractivity (Wildman–Crippen MR) is 59.2 cm³/mol. The molecule has 0 saturated heterocycles. The van der Waals surface area contributed by atoms with Crippen molar-refractivity contribution in [3.63, 3.8) is 0 Å². The Labute approximate surface area is 93.1 Å². The van der Waals surface area contributed by atoms with Crippen LogP contribution < -0.4 is 10.1 Å². The van der Waals surface area contributed by atoms with Crippen LogP contribution >= 0.6 is 0 Å². The third-order valence-electron chi connectivity index (χ3n) is 2.02. The van der Waals surface area contributed by atoms with Crippen molar-refractivity contribution in [3.8, 4) is 5.88 Å². The second-order valence-corrected chi connectivity index (χ2v) is 3.23. The molecule has 0 atom stereocenters. The lowest BCUT2D eigenvalue weighted by molar-refractivity contribution is 0.396. The van der Waals surface area contributed by atoms with Crippen molar-refractivity contribution in [3.05, 3.63) is 30.1 Å². The highest BCUT2D eigenvalue weighted by Crippen LogP contribution is 2.12. The maximum atomic E-state index is 5.06. The van der Waals surface area contributed by atoms with E-state index in [4.69, 9.17) is 4.74 Å². The van der Waals surface area contributed by atoms with Gasteiger partial charge in [0.15, 0.2) is 0 Å². The number of aromatic nitrogens is 4. The lowest BCUT2D eigenvalue weighted by Gasteiger charge is -2.06. The molecule has 0 aromatic carbocycles. The molecule has 6 nitrogen and oxygen atoms in total. The summed E-state index contributed by atoms with van der Waals surface area (Å²) in [6.45, 7) is 2.41. The number of nitrogens with zero attached hydrogens (tertiary/aromatic N) is 3. The van der Waals surface area contributed by atoms with Gasteiger partial charge in [0.05, 0.1) is 13.7 Å². The van der Waals surface area contributed by atoms with Crippen LogP contribution in [0.4, 0.5) is 5.82 Å². The molecule has 2 aromatic rings. The highest BCUT2D eigenvalue weighted by Gasteiger charge is 2.02. The Hall–Kier alpha value is -2.11. The van der Waals surface area contributed by atoms with E-state index in [1.54, 1.807) is 25.6 Å². The molecular formula is C10H13N5O. The van der Waals surface area contributed by atoms with Crippen LogP contribution in [0.2, 0.25) is 0 Å². The molecule has 0 bridgehead atoms. The lowest BCUT2D eigenvalue weighted by Crippen LogP contribution is -2.05. The van der Waals surface area contributed by atoms with Gasteiger partial charge in [-0.15, -0.1) is 0 Å². The predicted octanol–water partition coefficient (Wildman–Crippen LogP) is 1.13. The second kappa shape index (κ2) is 4.61. The first kappa shape index (κ1) is 10.4. The minimum Gasteiger partial charge on any atom is -0.481 e. The lowest BCUT2D eigenvalue weighted by atomic mass is 10.5. The van der Waals surface area contributed by atoms with Gasteiger partial charge in [-0.3, -0.25) is 0 Å². The smallest absolute Gasteiger partial charge is 0.218 e. The SMILES string of the molecule is COc1cc(NCc2ncc[nH]2)nc(C)n1. The van der Waals surface area contributed by atoms with Crippen LogP contribution in [0.15, 0.2) is 18.5 Å². The first-order valence-corrected chi connectivity index (χ1v) is 4.90. The van der Waals surface area contributed by atoms with E-state index >= 15 is 0 Å². The van der Waals surface area contributed by atoms with E-state index in [0.717, 1.165) is 11.6 Å². The summed E-state index contributed by atoms with van der Waals surface area (Å²) in [5.41, 5.74) is 0. The molecule has 2 heterocycles. The van der Waals surface area contributed by atoms with Gasteiger partial charge in [-0.2, -0.15) is 4.98 Å². The number of ether oxygens (including phenoxy) is 1. The summed E-state index contributed by atoms with van der Waals surface area (Å²) in [7, 11) is 1.58. The largest absolute Gasteiger partial charge is 0.481 e. The molecule has 16 heavy (non-hydrogen) atoms. The van der Waals surface area contributed by atoms with Gasteiger partial charge in [-0.25, -0.2) is 9.97 Å². The summed E-state index contributed by atoms with van der Waals surface area (Å²) >= 11 is 0. The Kier molecular flexibility index (Phi) is 3.00. The normalized spacial score (nSPS) is 10.1. The number of H-pyrrole nitrogens is 1. The van der Waals surface area contributed by atoms with Crippen molar-refractivity contribution in [2.24, 2.45) is 0 Å². The van der Waals surface area contributed by atoms with Crippen LogP contribution in [0.3, 0.4) is 0 Å². The number of aromatic amines is 1. The maximum absolute atomic E-state index is 5.06. The molecule has 2 aromatic heterocycles. The number of methoxy groups -OCH3 is 1. The van der Waals surface area contributed by atoms with Gasteiger partial charge >= 0.3 is 0 Å². The zero-order valence-electron chi connectivity index (χ0n) is 9.19. The van der Waals surface area contributed by atoms with Gasteiger partial charge in [-0.05, 0) is 6.92 Å². The van der Waals surface area contributed by atoms with Gasteiger partial charge in [0.1, 0.15) is 17.5 Å². The summed E-state index contributed by atoms with van der Waals surface area (Å²) in [5.74, 6) is 2.80. The van der Waals surface area contributed by atoms with Crippen LogP contribution in [0.1, 0.15) is 11.6 Å². The van der Waals surface area contributed by atoms with Crippen LogP contribution in [0.5, 0.6) is 5.88 Å². The zero-order valence-corrected chi connectivity index (χ0v) is 9.19. The van der Waals surface area contributed by atoms with Crippen LogP contribution in [-0.4, -0.2) is 27.0 Å². The van der Waals surface area contributed by atoms with Crippen LogP contribution in [0, 0.1) is 6.92 Å². The van der Waals surface area contributed by atoms with E-state index in [9.17, 15) is 0 Å². The maximum Gasteiger partial charge on any atom is 0.218 e. The van der Waals surface area contributed by atoms with Crippen molar-refractivity contribution < 1.29 is 4.74 Å². The van der Waals surface area contributed by atoms with Gasteiger partial charge in [-0.1, -0.05) is 0 Å². The van der Waals surface area contributed by atoms with Gasteiger partial charge in [0.2, 0.25) is 5.88 Å². The average molecular weight is 219 g/mol. The molecule has 0 spiro atoms. The number of imidazole rings is 1. The Balaban J connectivity index is 2.06. The number of nitrogens with one attached hydrogen (secondary N) is 2. The average Bonchev–Trinajstić information content (AvgIpc) is 2.78. The molecule has 0 unspecified atom stereocenters. The van der Waals surface area contributed by atoms with Crippen molar-refractivity contribution >= 4 is 5.82 Å². The fraction of sp³-hybridized carbons (Fsp3) is 0.300. The Morgan fingerprint density at radius 2 is 2.31 bits per heavy atom. The highest BCUT2D eigenvalue weighted by atomic mass is 16.5. The summed E-state index contributed by atoms with van der Waals surface area (Å²) in [5, 5.41) is 3.14. The fourth-order valence-electron chi connectivity index (χ4n) is 1.30. The molecular weight excluding hydrogens is 206 g/mol. The number of hydrogen-bond donors (Lipinski definition) is 2. The molecule has 0 radical (unpaired) electrons. The molecule has 0 aliphatic heterocycles. The van der Waals surface area contributed by atoms with Crippen molar-refractivity contribution in [1.82, 2.24) is 19.9 Å². The van der Waals surface area contributed by atoms with Crippen LogP contribution in [-0.2, 0) is 6.54 Å². The number of anilines is 1. The number of rotatable bonds is 4. The van der Waals surface area contributed by atoms with Gasteiger partial charge in [0.25, 0.3) is 0 Å². The number of hydrogen-bond acceptors (Lipinski definition) is 5. The van der Waals surface area contributed by atoms with E-state index in [1.807, 2.05) is 6.92 Å². The van der Waals surface area contributed by atoms with Gasteiger partial charge < -0.3 is 15.0 Å². The first-order valence-electron chi connectivity index (χ1n) is 4.90. The standard InChI is InChI=1S/C10H13N5O/c1-7-14-8(5-10(15-7)16-2)13-6-9-11-3-4-12-9/h3-5H,6H2,1-2H3,(H,11,12)(H,13,14,15). The third-order valence-corrected chi connectivity index (χ3v) is 2.02. The Bertz CT molecular complexity index is 454. The number of aryl methyl sites for hydroxylation is 1. The highest BCUT2D eigenvalue weighted by molar-refractivity contribution is 5.38. The summed E-state index contributed by atoms with van der Waals surface area (Å²) in [6.07, 6.45) is 3.49. The van der Waals surface area contributed by atoms with Gasteiger partial charge in [0, 0.05) is 18.5 Å². The molecule has 0 fully saturated rings. The van der Waals surface area contributed by atoms with E-state index < -0.39 is 0 Å². The molecule has 84 valence electrons. The van der Waals surface area contributed by atoms with Crippen molar-refractivity contribution in [1.29, 1.82) is 0 Å². The molecule has 0 aliphatic rings. The van der Waals surface area contributed by atoms with Crippen molar-refractivity contribution in [2.75, 3.05) is 12.4 Å². The first-order chi connectivity index (χ1) is 7.78. The van der Waals surface area contributed by atoms with E-state index in [2.05, 4.69) is 25.3 Å². The molecule has 0 aliphatic carbocycles.